The molecule has 0 aliphatic carbocycles. The van der Waals surface area contributed by atoms with Crippen LogP contribution in [0.15, 0.2) is 70.0 Å². The first kappa shape index (κ1) is 18.0. The summed E-state index contributed by atoms with van der Waals surface area (Å²) in [4.78, 5) is 12.5. The van der Waals surface area contributed by atoms with Crippen molar-refractivity contribution >= 4 is 54.0 Å². The van der Waals surface area contributed by atoms with Crippen molar-refractivity contribution in [2.45, 2.75) is 17.7 Å². The number of anilines is 2. The lowest BCUT2D eigenvalue weighted by Gasteiger charge is -2.18. The Bertz CT molecular complexity index is 1120. The zero-order valence-electron chi connectivity index (χ0n) is 14.4. The third-order valence-corrected chi connectivity index (χ3v) is 6.96. The molecule has 1 aliphatic heterocycles. The molecule has 0 bridgehead atoms. The summed E-state index contributed by atoms with van der Waals surface area (Å²) in [6.45, 7) is 0.268. The number of carbonyl (C=O) groups excluding carboxylic acids is 1. The molecule has 3 aromatic rings. The van der Waals surface area contributed by atoms with Crippen LogP contribution in [-0.2, 0) is 14.8 Å². The summed E-state index contributed by atoms with van der Waals surface area (Å²) >= 11 is 3.35. The van der Waals surface area contributed by atoms with Crippen LogP contribution in [0.1, 0.15) is 12.8 Å². The van der Waals surface area contributed by atoms with Gasteiger partial charge in [0.25, 0.3) is 10.0 Å². The molecule has 0 saturated carbocycles. The molecule has 5 nitrogen and oxygen atoms in total. The van der Waals surface area contributed by atoms with Crippen molar-refractivity contribution < 1.29 is 13.2 Å². The fraction of sp³-hybridized carbons (Fsp3) is 0.150. The van der Waals surface area contributed by atoms with Crippen LogP contribution in [0.5, 0.6) is 0 Å². The minimum absolute atomic E-state index is 0.135. The SMILES string of the molecule is O=C(CCCN1c2cccc3cccc(c23)S1(=O)=O)Nc1ccc(Br)cc1. The Balaban J connectivity index is 1.45. The molecule has 1 aliphatic rings. The molecule has 1 amide bonds. The van der Waals surface area contributed by atoms with Crippen molar-refractivity contribution in [1.82, 2.24) is 0 Å². The maximum absolute atomic E-state index is 12.9. The summed E-state index contributed by atoms with van der Waals surface area (Å²) in [6.07, 6.45) is 0.681. The third kappa shape index (κ3) is 3.33. The maximum Gasteiger partial charge on any atom is 0.265 e. The highest BCUT2D eigenvalue weighted by Crippen LogP contribution is 2.41. The van der Waals surface area contributed by atoms with Gasteiger partial charge in [-0.2, -0.15) is 0 Å². The van der Waals surface area contributed by atoms with Crippen molar-refractivity contribution in [1.29, 1.82) is 0 Å². The Morgan fingerprint density at radius 3 is 2.44 bits per heavy atom. The zero-order chi connectivity index (χ0) is 19.0. The lowest BCUT2D eigenvalue weighted by Crippen LogP contribution is -2.28. The number of carbonyl (C=O) groups is 1. The van der Waals surface area contributed by atoms with Crippen molar-refractivity contribution in [2.75, 3.05) is 16.2 Å². The summed E-state index contributed by atoms with van der Waals surface area (Å²) in [5, 5.41) is 4.49. The van der Waals surface area contributed by atoms with Gasteiger partial charge in [-0.1, -0.05) is 40.2 Å². The van der Waals surface area contributed by atoms with E-state index in [1.165, 1.54) is 4.31 Å². The van der Waals surface area contributed by atoms with Gasteiger partial charge in [-0.05, 0) is 48.2 Å². The first-order valence-corrected chi connectivity index (χ1v) is 10.8. The molecular formula is C20H17BrN2O3S. The molecular weight excluding hydrogens is 428 g/mol. The Labute approximate surface area is 166 Å². The van der Waals surface area contributed by atoms with E-state index in [0.717, 1.165) is 15.2 Å². The highest BCUT2D eigenvalue weighted by molar-refractivity contribution is 9.10. The minimum Gasteiger partial charge on any atom is -0.326 e. The highest BCUT2D eigenvalue weighted by atomic mass is 79.9. The van der Waals surface area contributed by atoms with Crippen LogP contribution in [0.4, 0.5) is 11.4 Å². The number of hydrogen-bond donors (Lipinski definition) is 1. The molecule has 0 saturated heterocycles. The van der Waals surface area contributed by atoms with E-state index in [2.05, 4.69) is 21.2 Å². The van der Waals surface area contributed by atoms with Crippen LogP contribution >= 0.6 is 15.9 Å². The van der Waals surface area contributed by atoms with Gasteiger partial charge in [-0.15, -0.1) is 0 Å². The smallest absolute Gasteiger partial charge is 0.265 e. The number of hydrogen-bond acceptors (Lipinski definition) is 3. The number of nitrogens with one attached hydrogen (secondary N) is 1. The van der Waals surface area contributed by atoms with Crippen molar-refractivity contribution in [3.63, 3.8) is 0 Å². The molecule has 4 rings (SSSR count). The maximum atomic E-state index is 12.9. The lowest BCUT2D eigenvalue weighted by molar-refractivity contribution is -0.116. The Morgan fingerprint density at radius 2 is 1.70 bits per heavy atom. The Kier molecular flexibility index (Phi) is 4.65. The summed E-state index contributed by atoms with van der Waals surface area (Å²) in [6, 6.07) is 18.2. The fourth-order valence-electron chi connectivity index (χ4n) is 3.34. The van der Waals surface area contributed by atoms with E-state index in [1.54, 1.807) is 12.1 Å². The number of rotatable bonds is 5. The molecule has 0 unspecified atom stereocenters. The van der Waals surface area contributed by atoms with Crippen LogP contribution in [0, 0.1) is 0 Å². The quantitative estimate of drug-likeness (QED) is 0.628. The zero-order valence-corrected chi connectivity index (χ0v) is 16.8. The van der Waals surface area contributed by atoms with Crippen LogP contribution in [-0.4, -0.2) is 20.9 Å². The first-order chi connectivity index (χ1) is 13.0. The molecule has 0 radical (unpaired) electrons. The van der Waals surface area contributed by atoms with E-state index in [0.29, 0.717) is 22.7 Å². The Hall–Kier alpha value is -2.38. The molecule has 27 heavy (non-hydrogen) atoms. The second-order valence-corrected chi connectivity index (χ2v) is 9.11. The fourth-order valence-corrected chi connectivity index (χ4v) is 5.35. The van der Waals surface area contributed by atoms with Crippen molar-refractivity contribution in [3.05, 3.63) is 65.1 Å². The predicted octanol–water partition coefficient (Wildman–Crippen LogP) is 4.53. The van der Waals surface area contributed by atoms with Crippen LogP contribution in [0.2, 0.25) is 0 Å². The lowest BCUT2D eigenvalue weighted by atomic mass is 10.1. The van der Waals surface area contributed by atoms with E-state index >= 15 is 0 Å². The van der Waals surface area contributed by atoms with E-state index < -0.39 is 10.0 Å². The van der Waals surface area contributed by atoms with E-state index in [1.807, 2.05) is 48.5 Å². The second-order valence-electron chi connectivity index (χ2n) is 6.37. The molecule has 138 valence electrons. The molecule has 0 atom stereocenters. The Morgan fingerprint density at radius 1 is 1.00 bits per heavy atom. The predicted molar refractivity (Wildman–Crippen MR) is 110 cm³/mol. The first-order valence-electron chi connectivity index (χ1n) is 8.57. The van der Waals surface area contributed by atoms with Gasteiger partial charge in [-0.3, -0.25) is 9.10 Å². The molecule has 0 aromatic heterocycles. The van der Waals surface area contributed by atoms with Gasteiger partial charge >= 0.3 is 0 Å². The van der Waals surface area contributed by atoms with E-state index in [9.17, 15) is 13.2 Å². The van der Waals surface area contributed by atoms with Gasteiger partial charge in [0.2, 0.25) is 5.91 Å². The molecule has 0 fully saturated rings. The number of amides is 1. The van der Waals surface area contributed by atoms with E-state index in [-0.39, 0.29) is 18.9 Å². The number of benzene rings is 3. The minimum atomic E-state index is -3.56. The second kappa shape index (κ2) is 6.98. The standard InChI is InChI=1S/C20H17BrN2O3S/c21-15-9-11-16(12-10-15)22-19(24)8-3-13-23-17-6-1-4-14-5-2-7-18(20(14)17)27(23,25)26/h1-2,4-7,9-12H,3,8,13H2,(H,22,24). The van der Waals surface area contributed by atoms with Crippen LogP contribution in [0.3, 0.4) is 0 Å². The third-order valence-electron chi connectivity index (χ3n) is 4.57. The van der Waals surface area contributed by atoms with Crippen molar-refractivity contribution in [3.8, 4) is 0 Å². The summed E-state index contributed by atoms with van der Waals surface area (Å²) in [5.74, 6) is -0.135. The molecule has 7 heteroatoms. The average Bonchev–Trinajstić information content (AvgIpc) is 2.87. The topological polar surface area (TPSA) is 66.5 Å². The van der Waals surface area contributed by atoms with Gasteiger partial charge < -0.3 is 5.32 Å². The highest BCUT2D eigenvalue weighted by Gasteiger charge is 2.34. The number of nitrogens with zero attached hydrogens (tertiary/aromatic N) is 1. The van der Waals surface area contributed by atoms with Gasteiger partial charge in [0.05, 0.1) is 10.6 Å². The molecule has 0 spiro atoms. The normalized spacial score (nSPS) is 14.5. The number of halogens is 1. The molecule has 1 N–H and O–H groups in total. The summed E-state index contributed by atoms with van der Waals surface area (Å²) in [5.41, 5.74) is 1.41. The summed E-state index contributed by atoms with van der Waals surface area (Å²) in [7, 11) is -3.56. The van der Waals surface area contributed by atoms with Gasteiger partial charge in [0, 0.05) is 28.5 Å². The average molecular weight is 445 g/mol. The molecule has 1 heterocycles. The van der Waals surface area contributed by atoms with Gasteiger partial charge in [0.15, 0.2) is 0 Å². The van der Waals surface area contributed by atoms with Gasteiger partial charge in [-0.25, -0.2) is 8.42 Å². The monoisotopic (exact) mass is 444 g/mol. The van der Waals surface area contributed by atoms with Gasteiger partial charge in [0.1, 0.15) is 0 Å². The number of sulfonamides is 1. The van der Waals surface area contributed by atoms with Crippen LogP contribution in [0.25, 0.3) is 10.8 Å². The largest absolute Gasteiger partial charge is 0.326 e. The summed E-state index contributed by atoms with van der Waals surface area (Å²) < 4.78 is 28.1. The van der Waals surface area contributed by atoms with Crippen molar-refractivity contribution in [2.24, 2.45) is 0 Å². The van der Waals surface area contributed by atoms with E-state index in [4.69, 9.17) is 0 Å². The molecule has 3 aromatic carbocycles. The van der Waals surface area contributed by atoms with Crippen LogP contribution < -0.4 is 9.62 Å².